The normalized spacial score (nSPS) is 11.6. The fraction of sp³-hybridized carbons (Fsp3) is 0.308. The number of carbonyl (C=O) groups is 1. The highest BCUT2D eigenvalue weighted by molar-refractivity contribution is 7.89. The number of hydrogen-bond acceptors (Lipinski definition) is 4. The van der Waals surface area contributed by atoms with Crippen LogP contribution in [0.1, 0.15) is 16.2 Å². The number of aromatic nitrogens is 1. The van der Waals surface area contributed by atoms with Crippen molar-refractivity contribution in [2.45, 2.75) is 11.4 Å². The number of hydrogen-bond donors (Lipinski definition) is 1. The lowest BCUT2D eigenvalue weighted by Gasteiger charge is -2.15. The largest absolute Gasteiger partial charge is 0.467 e. The van der Waals surface area contributed by atoms with Gasteiger partial charge in [-0.15, -0.1) is 0 Å². The van der Waals surface area contributed by atoms with Gasteiger partial charge >= 0.3 is 0 Å². The Bertz CT molecular complexity index is 732. The SMILES string of the molecule is CNS(=O)(=O)c1cc(C(=O)N(C)Cc2ccco2)n(C)c1. The highest BCUT2D eigenvalue weighted by Crippen LogP contribution is 2.15. The zero-order valence-electron chi connectivity index (χ0n) is 12.0. The van der Waals surface area contributed by atoms with Gasteiger partial charge < -0.3 is 13.9 Å². The van der Waals surface area contributed by atoms with Crippen molar-refractivity contribution in [1.29, 1.82) is 0 Å². The van der Waals surface area contributed by atoms with Crippen molar-refractivity contribution >= 4 is 15.9 Å². The molecule has 0 radical (unpaired) electrons. The topological polar surface area (TPSA) is 84.6 Å². The summed E-state index contributed by atoms with van der Waals surface area (Å²) in [5.41, 5.74) is 0.290. The van der Waals surface area contributed by atoms with Crippen LogP contribution in [-0.2, 0) is 23.6 Å². The highest BCUT2D eigenvalue weighted by atomic mass is 32.2. The number of amides is 1. The van der Waals surface area contributed by atoms with Gasteiger partial charge in [-0.3, -0.25) is 4.79 Å². The smallest absolute Gasteiger partial charge is 0.270 e. The summed E-state index contributed by atoms with van der Waals surface area (Å²) >= 11 is 0. The van der Waals surface area contributed by atoms with Crippen molar-refractivity contribution in [2.24, 2.45) is 7.05 Å². The van der Waals surface area contributed by atoms with Crippen molar-refractivity contribution in [3.05, 3.63) is 42.1 Å². The number of nitrogens with one attached hydrogen (secondary N) is 1. The van der Waals surface area contributed by atoms with Crippen LogP contribution in [0.3, 0.4) is 0 Å². The van der Waals surface area contributed by atoms with E-state index < -0.39 is 10.0 Å². The fourth-order valence-electron chi connectivity index (χ4n) is 1.92. The van der Waals surface area contributed by atoms with Gasteiger partial charge in [-0.2, -0.15) is 0 Å². The van der Waals surface area contributed by atoms with Crippen LogP contribution >= 0.6 is 0 Å². The number of furan rings is 1. The van der Waals surface area contributed by atoms with E-state index in [9.17, 15) is 13.2 Å². The zero-order chi connectivity index (χ0) is 15.6. The van der Waals surface area contributed by atoms with Gasteiger partial charge in [-0.25, -0.2) is 13.1 Å². The first-order chi connectivity index (χ1) is 9.85. The first-order valence-corrected chi connectivity index (χ1v) is 7.71. The number of sulfonamides is 1. The highest BCUT2D eigenvalue weighted by Gasteiger charge is 2.21. The molecule has 7 nitrogen and oxygen atoms in total. The molecular weight excluding hydrogens is 294 g/mol. The molecule has 0 spiro atoms. The molecule has 2 rings (SSSR count). The van der Waals surface area contributed by atoms with E-state index in [4.69, 9.17) is 4.42 Å². The Morgan fingerprint density at radius 1 is 1.48 bits per heavy atom. The molecule has 0 aliphatic heterocycles. The van der Waals surface area contributed by atoms with E-state index in [1.807, 2.05) is 0 Å². The summed E-state index contributed by atoms with van der Waals surface area (Å²) in [5, 5.41) is 0. The van der Waals surface area contributed by atoms with E-state index in [0.29, 0.717) is 12.3 Å². The Kier molecular flexibility index (Phi) is 4.19. The molecule has 0 bridgehead atoms. The lowest BCUT2D eigenvalue weighted by atomic mass is 10.3. The minimum Gasteiger partial charge on any atom is -0.467 e. The quantitative estimate of drug-likeness (QED) is 0.885. The Morgan fingerprint density at radius 2 is 2.19 bits per heavy atom. The van der Waals surface area contributed by atoms with Gasteiger partial charge in [0.1, 0.15) is 16.3 Å². The molecular formula is C13H17N3O4S. The van der Waals surface area contributed by atoms with Crippen molar-refractivity contribution in [1.82, 2.24) is 14.2 Å². The molecule has 2 aromatic rings. The first kappa shape index (κ1) is 15.3. The van der Waals surface area contributed by atoms with Crippen LogP contribution in [-0.4, -0.2) is 37.9 Å². The molecule has 0 fully saturated rings. The number of aryl methyl sites for hydroxylation is 1. The monoisotopic (exact) mass is 311 g/mol. The Balaban J connectivity index is 2.23. The molecule has 1 N–H and O–H groups in total. The van der Waals surface area contributed by atoms with Gasteiger partial charge in [0.2, 0.25) is 10.0 Å². The second-order valence-corrected chi connectivity index (χ2v) is 6.51. The Morgan fingerprint density at radius 3 is 2.76 bits per heavy atom. The summed E-state index contributed by atoms with van der Waals surface area (Å²) in [6, 6.07) is 4.87. The standard InChI is InChI=1S/C13H17N3O4S/c1-14-21(18,19)11-7-12(15(2)9-11)13(17)16(3)8-10-5-4-6-20-10/h4-7,9,14H,8H2,1-3H3. The van der Waals surface area contributed by atoms with E-state index in [2.05, 4.69) is 4.72 Å². The summed E-state index contributed by atoms with van der Waals surface area (Å²) in [5.74, 6) is 0.370. The molecule has 0 aliphatic rings. The Hall–Kier alpha value is -2.06. The van der Waals surface area contributed by atoms with Gasteiger partial charge in [-0.1, -0.05) is 0 Å². The predicted molar refractivity (Wildman–Crippen MR) is 76.2 cm³/mol. The molecule has 2 heterocycles. The van der Waals surface area contributed by atoms with Gasteiger partial charge in [0.15, 0.2) is 0 Å². The van der Waals surface area contributed by atoms with Crippen molar-refractivity contribution < 1.29 is 17.6 Å². The van der Waals surface area contributed by atoms with Crippen LogP contribution in [0.5, 0.6) is 0 Å². The summed E-state index contributed by atoms with van der Waals surface area (Å²) in [6.45, 7) is 0.311. The zero-order valence-corrected chi connectivity index (χ0v) is 12.8. The summed E-state index contributed by atoms with van der Waals surface area (Å²) < 4.78 is 32.4. The van der Waals surface area contributed by atoms with Gasteiger partial charge in [0.25, 0.3) is 5.91 Å². The maximum Gasteiger partial charge on any atom is 0.270 e. The third kappa shape index (κ3) is 3.17. The van der Waals surface area contributed by atoms with Crippen LogP contribution in [0.4, 0.5) is 0 Å². The van der Waals surface area contributed by atoms with E-state index >= 15 is 0 Å². The van der Waals surface area contributed by atoms with Crippen LogP contribution in [0.2, 0.25) is 0 Å². The number of rotatable bonds is 5. The minimum absolute atomic E-state index is 0.0576. The molecule has 0 saturated heterocycles. The minimum atomic E-state index is -3.57. The van der Waals surface area contributed by atoms with Crippen LogP contribution in [0, 0.1) is 0 Å². The Labute approximate surface area is 123 Å². The van der Waals surface area contributed by atoms with Crippen LogP contribution in [0.25, 0.3) is 0 Å². The first-order valence-electron chi connectivity index (χ1n) is 6.23. The van der Waals surface area contributed by atoms with Gasteiger partial charge in [0.05, 0.1) is 12.8 Å². The van der Waals surface area contributed by atoms with E-state index in [-0.39, 0.29) is 16.5 Å². The van der Waals surface area contributed by atoms with Crippen molar-refractivity contribution in [3.63, 3.8) is 0 Å². The maximum absolute atomic E-state index is 12.4. The van der Waals surface area contributed by atoms with Gasteiger partial charge in [-0.05, 0) is 25.2 Å². The predicted octanol–water partition coefficient (Wildman–Crippen LogP) is 0.798. The molecule has 2 aromatic heterocycles. The lowest BCUT2D eigenvalue weighted by molar-refractivity contribution is 0.0766. The molecule has 114 valence electrons. The number of nitrogens with zero attached hydrogens (tertiary/aromatic N) is 2. The number of carbonyl (C=O) groups excluding carboxylic acids is 1. The molecule has 0 aromatic carbocycles. The van der Waals surface area contributed by atoms with Crippen LogP contribution < -0.4 is 4.72 Å². The maximum atomic E-state index is 12.4. The van der Waals surface area contributed by atoms with Crippen LogP contribution in [0.15, 0.2) is 40.0 Å². The summed E-state index contributed by atoms with van der Waals surface area (Å²) in [7, 11) is 1.01. The second kappa shape index (κ2) is 5.74. The summed E-state index contributed by atoms with van der Waals surface area (Å²) in [4.78, 5) is 13.9. The van der Waals surface area contributed by atoms with E-state index in [1.165, 1.54) is 35.0 Å². The lowest BCUT2D eigenvalue weighted by Crippen LogP contribution is -2.27. The molecule has 0 atom stereocenters. The summed E-state index contributed by atoms with van der Waals surface area (Å²) in [6.07, 6.45) is 2.94. The molecule has 1 amide bonds. The average molecular weight is 311 g/mol. The molecule has 0 saturated carbocycles. The van der Waals surface area contributed by atoms with Crippen molar-refractivity contribution in [3.8, 4) is 0 Å². The molecule has 21 heavy (non-hydrogen) atoms. The molecule has 0 unspecified atom stereocenters. The van der Waals surface area contributed by atoms with Crippen molar-refractivity contribution in [2.75, 3.05) is 14.1 Å². The molecule has 8 heteroatoms. The third-order valence-electron chi connectivity index (χ3n) is 3.10. The third-order valence-corrected chi connectivity index (χ3v) is 4.48. The average Bonchev–Trinajstić information content (AvgIpc) is 3.07. The second-order valence-electron chi connectivity index (χ2n) is 4.62. The van der Waals surface area contributed by atoms with E-state index in [0.717, 1.165) is 0 Å². The fourth-order valence-corrected chi connectivity index (χ4v) is 2.71. The van der Waals surface area contributed by atoms with E-state index in [1.54, 1.807) is 26.2 Å². The van der Waals surface area contributed by atoms with Gasteiger partial charge in [0, 0.05) is 20.3 Å². The molecule has 0 aliphatic carbocycles.